The SMILES string of the molecule is O=C(Nc1nccs1)C1CCCN(C(=O)C2(c3ccc(Br)cc3)CCOCC2)C1. The molecule has 0 aliphatic carbocycles. The van der Waals surface area contributed by atoms with Gasteiger partial charge in [-0.2, -0.15) is 0 Å². The summed E-state index contributed by atoms with van der Waals surface area (Å²) in [6.45, 7) is 2.29. The van der Waals surface area contributed by atoms with Gasteiger partial charge in [-0.05, 0) is 43.4 Å². The van der Waals surface area contributed by atoms with Crippen LogP contribution in [0.5, 0.6) is 0 Å². The molecule has 2 saturated heterocycles. The van der Waals surface area contributed by atoms with Gasteiger partial charge in [0.15, 0.2) is 5.13 Å². The van der Waals surface area contributed by atoms with Crippen molar-refractivity contribution in [2.45, 2.75) is 31.1 Å². The van der Waals surface area contributed by atoms with Crippen LogP contribution in [0, 0.1) is 5.92 Å². The second-order valence-corrected chi connectivity index (χ2v) is 9.43. The zero-order valence-electron chi connectivity index (χ0n) is 16.1. The quantitative estimate of drug-likeness (QED) is 0.725. The number of anilines is 1. The smallest absolute Gasteiger partial charge is 0.233 e. The lowest BCUT2D eigenvalue weighted by Crippen LogP contribution is -2.53. The molecule has 1 aromatic heterocycles. The van der Waals surface area contributed by atoms with Crippen LogP contribution in [0.1, 0.15) is 31.2 Å². The van der Waals surface area contributed by atoms with Gasteiger partial charge in [-0.1, -0.05) is 28.1 Å². The van der Waals surface area contributed by atoms with Crippen molar-refractivity contribution in [3.8, 4) is 0 Å². The molecule has 1 unspecified atom stereocenters. The molecule has 2 fully saturated rings. The highest BCUT2D eigenvalue weighted by atomic mass is 79.9. The third-order valence-electron chi connectivity index (χ3n) is 5.89. The molecule has 154 valence electrons. The zero-order valence-corrected chi connectivity index (χ0v) is 18.5. The Morgan fingerprint density at radius 1 is 1.24 bits per heavy atom. The van der Waals surface area contributed by atoms with E-state index < -0.39 is 5.41 Å². The van der Waals surface area contributed by atoms with Crippen LogP contribution in [0.2, 0.25) is 0 Å². The average molecular weight is 478 g/mol. The lowest BCUT2D eigenvalue weighted by atomic mass is 9.72. The Morgan fingerprint density at radius 3 is 2.69 bits per heavy atom. The van der Waals surface area contributed by atoms with Crippen molar-refractivity contribution in [2.24, 2.45) is 5.92 Å². The first-order valence-corrected chi connectivity index (χ1v) is 11.6. The summed E-state index contributed by atoms with van der Waals surface area (Å²) in [6, 6.07) is 8.04. The fraction of sp³-hybridized carbons (Fsp3) is 0.476. The van der Waals surface area contributed by atoms with Crippen LogP contribution in [0.4, 0.5) is 5.13 Å². The Kier molecular flexibility index (Phi) is 6.32. The number of nitrogens with one attached hydrogen (secondary N) is 1. The number of rotatable bonds is 4. The number of amides is 2. The maximum absolute atomic E-state index is 13.8. The van der Waals surface area contributed by atoms with E-state index in [1.165, 1.54) is 11.3 Å². The molecule has 3 heterocycles. The number of thiazole rings is 1. The average Bonchev–Trinajstić information content (AvgIpc) is 3.27. The summed E-state index contributed by atoms with van der Waals surface area (Å²) in [4.78, 5) is 32.5. The van der Waals surface area contributed by atoms with E-state index in [4.69, 9.17) is 4.74 Å². The normalized spacial score (nSPS) is 21.6. The summed E-state index contributed by atoms with van der Waals surface area (Å²) in [5, 5.41) is 5.32. The number of benzene rings is 1. The van der Waals surface area contributed by atoms with Gasteiger partial charge in [-0.3, -0.25) is 9.59 Å². The van der Waals surface area contributed by atoms with Crippen LogP contribution >= 0.6 is 27.3 Å². The molecular weight excluding hydrogens is 454 g/mol. The van der Waals surface area contributed by atoms with Gasteiger partial charge < -0.3 is 15.0 Å². The van der Waals surface area contributed by atoms with Gasteiger partial charge in [0.2, 0.25) is 11.8 Å². The number of hydrogen-bond donors (Lipinski definition) is 1. The fourth-order valence-corrected chi connectivity index (χ4v) is 5.08. The van der Waals surface area contributed by atoms with Gasteiger partial charge in [0.1, 0.15) is 0 Å². The predicted octanol–water partition coefficient (Wildman–Crippen LogP) is 3.83. The predicted molar refractivity (Wildman–Crippen MR) is 116 cm³/mol. The molecule has 0 bridgehead atoms. The van der Waals surface area contributed by atoms with Gasteiger partial charge in [-0.15, -0.1) is 11.3 Å². The monoisotopic (exact) mass is 477 g/mol. The number of nitrogens with zero attached hydrogens (tertiary/aromatic N) is 2. The minimum atomic E-state index is -0.577. The highest BCUT2D eigenvalue weighted by Gasteiger charge is 2.45. The second kappa shape index (κ2) is 8.93. The summed E-state index contributed by atoms with van der Waals surface area (Å²) in [6.07, 6.45) is 4.62. The summed E-state index contributed by atoms with van der Waals surface area (Å²) in [7, 11) is 0. The van der Waals surface area contributed by atoms with E-state index >= 15 is 0 Å². The van der Waals surface area contributed by atoms with E-state index in [-0.39, 0.29) is 17.7 Å². The fourth-order valence-electron chi connectivity index (χ4n) is 4.29. The van der Waals surface area contributed by atoms with Gasteiger partial charge in [0.05, 0.1) is 11.3 Å². The topological polar surface area (TPSA) is 71.5 Å². The van der Waals surface area contributed by atoms with Crippen LogP contribution in [-0.4, -0.2) is 48.0 Å². The summed E-state index contributed by atoms with van der Waals surface area (Å²) in [5.41, 5.74) is 0.454. The van der Waals surface area contributed by atoms with Crippen molar-refractivity contribution in [2.75, 3.05) is 31.6 Å². The lowest BCUT2D eigenvalue weighted by Gasteiger charge is -2.42. The van der Waals surface area contributed by atoms with Crippen LogP contribution in [0.25, 0.3) is 0 Å². The molecule has 2 aromatic rings. The number of likely N-dealkylation sites (tertiary alicyclic amines) is 1. The lowest BCUT2D eigenvalue weighted by molar-refractivity contribution is -0.144. The minimum absolute atomic E-state index is 0.0536. The van der Waals surface area contributed by atoms with Crippen molar-refractivity contribution in [1.29, 1.82) is 0 Å². The van der Waals surface area contributed by atoms with Gasteiger partial charge in [0, 0.05) is 42.4 Å². The molecule has 1 atom stereocenters. The molecule has 2 aliphatic heterocycles. The van der Waals surface area contributed by atoms with Crippen LogP contribution in [0.3, 0.4) is 0 Å². The molecule has 2 amide bonds. The number of carbonyl (C=O) groups is 2. The van der Waals surface area contributed by atoms with Gasteiger partial charge in [-0.25, -0.2) is 4.98 Å². The largest absolute Gasteiger partial charge is 0.381 e. The Hall–Kier alpha value is -1.77. The number of aromatic nitrogens is 1. The molecule has 0 spiro atoms. The van der Waals surface area contributed by atoms with Crippen molar-refractivity contribution in [3.05, 3.63) is 45.9 Å². The van der Waals surface area contributed by atoms with E-state index in [9.17, 15) is 9.59 Å². The molecule has 4 rings (SSSR count). The minimum Gasteiger partial charge on any atom is -0.381 e. The van der Waals surface area contributed by atoms with Crippen molar-refractivity contribution >= 4 is 44.2 Å². The maximum atomic E-state index is 13.8. The summed E-state index contributed by atoms with van der Waals surface area (Å²) < 4.78 is 6.57. The van der Waals surface area contributed by atoms with E-state index in [2.05, 4.69) is 26.2 Å². The highest BCUT2D eigenvalue weighted by molar-refractivity contribution is 9.10. The standard InChI is InChI=1S/C21H24BrN3O3S/c22-17-5-3-16(4-6-17)21(7-11-28-12-8-21)19(27)25-10-1-2-15(14-25)18(26)24-20-23-9-13-29-20/h3-6,9,13,15H,1-2,7-8,10-12,14H2,(H,23,24,26). The number of piperidine rings is 1. The highest BCUT2D eigenvalue weighted by Crippen LogP contribution is 2.38. The van der Waals surface area contributed by atoms with Gasteiger partial charge in [0.25, 0.3) is 0 Å². The number of hydrogen-bond acceptors (Lipinski definition) is 5. The molecule has 0 radical (unpaired) electrons. The van der Waals surface area contributed by atoms with Crippen molar-refractivity contribution in [1.82, 2.24) is 9.88 Å². The Balaban J connectivity index is 1.52. The Bertz CT molecular complexity index is 851. The first-order valence-electron chi connectivity index (χ1n) is 9.92. The molecule has 0 saturated carbocycles. The van der Waals surface area contributed by atoms with Crippen LogP contribution < -0.4 is 5.32 Å². The number of halogens is 1. The van der Waals surface area contributed by atoms with E-state index in [0.717, 1.165) is 22.9 Å². The van der Waals surface area contributed by atoms with E-state index in [1.807, 2.05) is 34.5 Å². The van der Waals surface area contributed by atoms with Crippen molar-refractivity contribution < 1.29 is 14.3 Å². The maximum Gasteiger partial charge on any atom is 0.233 e. The molecule has 1 N–H and O–H groups in total. The molecule has 29 heavy (non-hydrogen) atoms. The van der Waals surface area contributed by atoms with E-state index in [0.29, 0.717) is 44.3 Å². The molecule has 2 aliphatic rings. The van der Waals surface area contributed by atoms with Crippen LogP contribution in [-0.2, 0) is 19.7 Å². The first-order chi connectivity index (χ1) is 14.1. The summed E-state index contributed by atoms with van der Waals surface area (Å²) in [5.74, 6) is -0.143. The third kappa shape index (κ3) is 4.39. The Labute approximate surface area is 182 Å². The molecule has 1 aromatic carbocycles. The van der Waals surface area contributed by atoms with E-state index in [1.54, 1.807) is 6.20 Å². The molecule has 8 heteroatoms. The number of ether oxygens (including phenoxy) is 1. The Morgan fingerprint density at radius 2 is 2.00 bits per heavy atom. The first kappa shape index (κ1) is 20.5. The molecular formula is C21H24BrN3O3S. The van der Waals surface area contributed by atoms with Crippen molar-refractivity contribution in [3.63, 3.8) is 0 Å². The molecule has 6 nitrogen and oxygen atoms in total. The number of carbonyl (C=O) groups excluding carboxylic acids is 2. The zero-order chi connectivity index (χ0) is 20.3. The summed E-state index contributed by atoms with van der Waals surface area (Å²) >= 11 is 4.88. The second-order valence-electron chi connectivity index (χ2n) is 7.62. The third-order valence-corrected chi connectivity index (χ3v) is 7.11. The van der Waals surface area contributed by atoms with Gasteiger partial charge >= 0.3 is 0 Å². The van der Waals surface area contributed by atoms with Crippen LogP contribution in [0.15, 0.2) is 40.3 Å².